The Balaban J connectivity index is 0.00000456. The molecule has 0 aliphatic carbocycles. The Bertz CT molecular complexity index is 1110. The topological polar surface area (TPSA) is 58.6 Å². The number of carbonyl (C=O) groups is 1. The first-order chi connectivity index (χ1) is 16.7. The van der Waals surface area contributed by atoms with Gasteiger partial charge in [-0.25, -0.2) is 0 Å². The van der Waals surface area contributed by atoms with Gasteiger partial charge in [0.1, 0.15) is 5.75 Å². The maximum Gasteiger partial charge on any atom is 0.417 e. The van der Waals surface area contributed by atoms with Crippen molar-refractivity contribution >= 4 is 30.0 Å². The van der Waals surface area contributed by atoms with Crippen molar-refractivity contribution in [3.05, 3.63) is 100 Å². The number of aliphatic carboxylic acids is 1. The zero-order chi connectivity index (χ0) is 25.3. The smallest absolute Gasteiger partial charge is 0.417 e. The van der Waals surface area contributed by atoms with Crippen molar-refractivity contribution in [2.24, 2.45) is 0 Å². The lowest BCUT2D eigenvalue weighted by Gasteiger charge is -2.21. The van der Waals surface area contributed by atoms with Crippen molar-refractivity contribution in [1.82, 2.24) is 5.32 Å². The average molecular weight is 542 g/mol. The molecule has 2 N–H and O–H groups in total. The molecule has 0 aliphatic heterocycles. The number of halogens is 5. The van der Waals surface area contributed by atoms with Gasteiger partial charge in [0, 0.05) is 6.04 Å². The molecule has 1 unspecified atom stereocenters. The van der Waals surface area contributed by atoms with E-state index in [0.29, 0.717) is 49.3 Å². The molecular weight excluding hydrogens is 514 g/mol. The summed E-state index contributed by atoms with van der Waals surface area (Å²) in [6, 6.07) is 20.6. The molecule has 194 valence electrons. The van der Waals surface area contributed by atoms with E-state index in [1.165, 1.54) is 6.07 Å². The molecular formula is C27H28Cl2F3NO3. The van der Waals surface area contributed by atoms with Gasteiger partial charge >= 0.3 is 12.1 Å². The predicted octanol–water partition coefficient (Wildman–Crippen LogP) is 6.62. The van der Waals surface area contributed by atoms with E-state index in [1.807, 2.05) is 30.3 Å². The lowest BCUT2D eigenvalue weighted by atomic mass is 9.97. The third-order valence-electron chi connectivity index (χ3n) is 5.45. The van der Waals surface area contributed by atoms with Crippen molar-refractivity contribution in [3.8, 4) is 5.75 Å². The summed E-state index contributed by atoms with van der Waals surface area (Å²) in [7, 11) is 0. The number of hydrogen-bond acceptors (Lipinski definition) is 3. The molecule has 0 bridgehead atoms. The summed E-state index contributed by atoms with van der Waals surface area (Å²) in [6.07, 6.45) is -2.95. The standard InChI is InChI=1S/C27H27ClF3NO3.ClH/c28-26-21(10-5-12-24(26)27(29,30)31)18-22(15-19-7-2-1-3-8-19)32-13-6-14-35-23-11-4-9-20(16-23)17-25(33)34;/h1-5,7-12,16,22,32H,6,13-15,17-18H2,(H,33,34);1H. The van der Waals surface area contributed by atoms with Crippen LogP contribution in [-0.2, 0) is 30.2 Å². The normalized spacial score (nSPS) is 12.0. The molecule has 3 rings (SSSR count). The van der Waals surface area contributed by atoms with Crippen LogP contribution in [0.2, 0.25) is 5.02 Å². The Morgan fingerprint density at radius 1 is 0.972 bits per heavy atom. The molecule has 3 aromatic carbocycles. The van der Waals surface area contributed by atoms with E-state index in [4.69, 9.17) is 21.4 Å². The van der Waals surface area contributed by atoms with Crippen LogP contribution >= 0.6 is 24.0 Å². The van der Waals surface area contributed by atoms with Crippen molar-refractivity contribution in [1.29, 1.82) is 0 Å². The van der Waals surface area contributed by atoms with Gasteiger partial charge in [-0.3, -0.25) is 4.79 Å². The van der Waals surface area contributed by atoms with Crippen LogP contribution in [-0.4, -0.2) is 30.3 Å². The van der Waals surface area contributed by atoms with Crippen LogP contribution in [0.25, 0.3) is 0 Å². The number of ether oxygens (including phenoxy) is 1. The SMILES string of the molecule is Cl.O=C(O)Cc1cccc(OCCCNC(Cc2ccccc2)Cc2cccc(C(F)(F)F)c2Cl)c1. The van der Waals surface area contributed by atoms with Crippen LogP contribution in [0.4, 0.5) is 13.2 Å². The Kier molecular flexibility index (Phi) is 11.6. The minimum Gasteiger partial charge on any atom is -0.494 e. The highest BCUT2D eigenvalue weighted by molar-refractivity contribution is 6.32. The van der Waals surface area contributed by atoms with Crippen LogP contribution in [0.5, 0.6) is 5.75 Å². The molecule has 0 saturated carbocycles. The van der Waals surface area contributed by atoms with Crippen LogP contribution in [0.3, 0.4) is 0 Å². The molecule has 0 aromatic heterocycles. The van der Waals surface area contributed by atoms with Gasteiger partial charge in [-0.05, 0) is 60.7 Å². The fourth-order valence-corrected chi connectivity index (χ4v) is 4.14. The number of rotatable bonds is 12. The first-order valence-corrected chi connectivity index (χ1v) is 11.7. The number of carboxylic acid groups (broad SMARTS) is 1. The van der Waals surface area contributed by atoms with Gasteiger partial charge in [0.25, 0.3) is 0 Å². The Hall–Kier alpha value is -2.74. The van der Waals surface area contributed by atoms with Crippen molar-refractivity contribution < 1.29 is 27.8 Å². The second-order valence-electron chi connectivity index (χ2n) is 8.24. The number of carboxylic acids is 1. The molecule has 0 aliphatic rings. The Morgan fingerprint density at radius 2 is 1.67 bits per heavy atom. The van der Waals surface area contributed by atoms with Crippen LogP contribution in [0.1, 0.15) is 28.7 Å². The largest absolute Gasteiger partial charge is 0.494 e. The van der Waals surface area contributed by atoms with Gasteiger partial charge in [0.05, 0.1) is 23.6 Å². The quantitative estimate of drug-likeness (QED) is 0.253. The molecule has 0 heterocycles. The summed E-state index contributed by atoms with van der Waals surface area (Å²) < 4.78 is 45.6. The minimum absolute atomic E-state index is 0. The van der Waals surface area contributed by atoms with Crippen LogP contribution in [0.15, 0.2) is 72.8 Å². The molecule has 9 heteroatoms. The average Bonchev–Trinajstić information content (AvgIpc) is 2.80. The summed E-state index contributed by atoms with van der Waals surface area (Å²) in [5, 5.41) is 12.1. The number of benzene rings is 3. The third-order valence-corrected chi connectivity index (χ3v) is 5.90. The second kappa shape index (κ2) is 14.1. The van der Waals surface area contributed by atoms with E-state index in [0.717, 1.165) is 11.6 Å². The zero-order valence-corrected chi connectivity index (χ0v) is 21.0. The van der Waals surface area contributed by atoms with E-state index >= 15 is 0 Å². The van der Waals surface area contributed by atoms with Crippen molar-refractivity contribution in [3.63, 3.8) is 0 Å². The van der Waals surface area contributed by atoms with E-state index in [2.05, 4.69) is 5.32 Å². The fourth-order valence-electron chi connectivity index (χ4n) is 3.83. The maximum absolute atomic E-state index is 13.3. The molecule has 4 nitrogen and oxygen atoms in total. The number of alkyl halides is 3. The number of hydrogen-bond donors (Lipinski definition) is 2. The highest BCUT2D eigenvalue weighted by Gasteiger charge is 2.34. The van der Waals surface area contributed by atoms with Gasteiger partial charge in [-0.2, -0.15) is 13.2 Å². The number of nitrogens with one attached hydrogen (secondary N) is 1. The van der Waals surface area contributed by atoms with Gasteiger partial charge in [0.2, 0.25) is 0 Å². The molecule has 0 spiro atoms. The summed E-state index contributed by atoms with van der Waals surface area (Å²) in [5.74, 6) is -0.308. The van der Waals surface area contributed by atoms with E-state index in [9.17, 15) is 18.0 Å². The Labute approximate surface area is 219 Å². The molecule has 0 amide bonds. The molecule has 0 fully saturated rings. The lowest BCUT2D eigenvalue weighted by Crippen LogP contribution is -2.34. The summed E-state index contributed by atoms with van der Waals surface area (Å²) in [5.41, 5.74) is 1.35. The first-order valence-electron chi connectivity index (χ1n) is 11.3. The monoisotopic (exact) mass is 541 g/mol. The van der Waals surface area contributed by atoms with Gasteiger partial charge in [0.15, 0.2) is 0 Å². The maximum atomic E-state index is 13.3. The van der Waals surface area contributed by atoms with Gasteiger partial charge in [-0.15, -0.1) is 12.4 Å². The predicted molar refractivity (Wildman–Crippen MR) is 137 cm³/mol. The fraction of sp³-hybridized carbons (Fsp3) is 0.296. The highest BCUT2D eigenvalue weighted by Crippen LogP contribution is 2.36. The molecule has 3 aromatic rings. The Morgan fingerprint density at radius 3 is 2.36 bits per heavy atom. The van der Waals surface area contributed by atoms with Gasteiger partial charge in [-0.1, -0.05) is 66.2 Å². The lowest BCUT2D eigenvalue weighted by molar-refractivity contribution is -0.138. The van der Waals surface area contributed by atoms with Crippen LogP contribution < -0.4 is 10.1 Å². The van der Waals surface area contributed by atoms with Crippen molar-refractivity contribution in [2.75, 3.05) is 13.2 Å². The molecule has 0 saturated heterocycles. The van der Waals surface area contributed by atoms with Gasteiger partial charge < -0.3 is 15.2 Å². The third kappa shape index (κ3) is 9.37. The molecule has 0 radical (unpaired) electrons. The molecule has 36 heavy (non-hydrogen) atoms. The first kappa shape index (κ1) is 29.5. The second-order valence-corrected chi connectivity index (χ2v) is 8.62. The van der Waals surface area contributed by atoms with E-state index in [-0.39, 0.29) is 29.9 Å². The highest BCUT2D eigenvalue weighted by atomic mass is 35.5. The van der Waals surface area contributed by atoms with E-state index < -0.39 is 17.7 Å². The molecule has 1 atom stereocenters. The van der Waals surface area contributed by atoms with Crippen molar-refractivity contribution in [2.45, 2.75) is 37.9 Å². The minimum atomic E-state index is -4.51. The summed E-state index contributed by atoms with van der Waals surface area (Å²) in [6.45, 7) is 0.995. The van der Waals surface area contributed by atoms with Crippen LogP contribution in [0, 0.1) is 0 Å². The summed E-state index contributed by atoms with van der Waals surface area (Å²) in [4.78, 5) is 10.9. The zero-order valence-electron chi connectivity index (χ0n) is 19.4. The van der Waals surface area contributed by atoms with E-state index in [1.54, 1.807) is 30.3 Å². The summed E-state index contributed by atoms with van der Waals surface area (Å²) >= 11 is 6.13.